The van der Waals surface area contributed by atoms with Gasteiger partial charge in [-0.1, -0.05) is 53.5 Å². The zero-order chi connectivity index (χ0) is 32.0. The van der Waals surface area contributed by atoms with E-state index in [0.29, 0.717) is 46.9 Å². The van der Waals surface area contributed by atoms with Gasteiger partial charge in [-0.25, -0.2) is 17.2 Å². The Hall–Kier alpha value is -3.25. The van der Waals surface area contributed by atoms with Crippen molar-refractivity contribution in [3.8, 4) is 0 Å². The Morgan fingerprint density at radius 2 is 1.60 bits per heavy atom. The van der Waals surface area contributed by atoms with Crippen LogP contribution in [0.25, 0.3) is 0 Å². The van der Waals surface area contributed by atoms with Gasteiger partial charge < -0.3 is 14.7 Å². The standard InChI is InChI=1S/C32H30Cl2F2N2O6S/c33-21-11-9-19(10-12-21)29-31(20-3-1-4-22(34)15-20)44-27(16-28(39)40)32(41)38(29)26(18-7-8-18)17-37(45(42,43)23-13-14-23)30-24(35)5-2-6-25(30)36/h1-6,9-12,15,18,23,26-27,29,31H,7-8,13-14,16-17H2,(H,39,40)/t26-,27-,29-,31-/m1/s1. The highest BCUT2D eigenvalue weighted by Gasteiger charge is 2.52. The van der Waals surface area contributed by atoms with Crippen LogP contribution in [0.2, 0.25) is 10.0 Å². The molecule has 4 atom stereocenters. The molecule has 6 rings (SSSR count). The van der Waals surface area contributed by atoms with Crippen molar-refractivity contribution in [1.29, 1.82) is 0 Å². The van der Waals surface area contributed by atoms with Gasteiger partial charge in [0.2, 0.25) is 10.0 Å². The van der Waals surface area contributed by atoms with Gasteiger partial charge in [-0.05, 0) is 79.1 Å². The molecule has 238 valence electrons. The minimum atomic E-state index is -4.22. The normalized spacial score (nSPS) is 22.7. The molecule has 3 aliphatic rings. The van der Waals surface area contributed by atoms with Crippen molar-refractivity contribution >= 4 is 50.8 Å². The van der Waals surface area contributed by atoms with E-state index in [0.717, 1.165) is 22.5 Å². The van der Waals surface area contributed by atoms with Crippen LogP contribution < -0.4 is 4.31 Å². The topological polar surface area (TPSA) is 104 Å². The Bertz CT molecular complexity index is 1700. The van der Waals surface area contributed by atoms with E-state index < -0.39 is 81.7 Å². The van der Waals surface area contributed by atoms with E-state index in [9.17, 15) is 23.1 Å². The number of morpholine rings is 1. The Labute approximate surface area is 269 Å². The van der Waals surface area contributed by atoms with Gasteiger partial charge in [0.25, 0.3) is 5.91 Å². The van der Waals surface area contributed by atoms with Crippen LogP contribution in [0.3, 0.4) is 0 Å². The van der Waals surface area contributed by atoms with Gasteiger partial charge >= 0.3 is 5.97 Å². The highest BCUT2D eigenvalue weighted by Crippen LogP contribution is 2.49. The summed E-state index contributed by atoms with van der Waals surface area (Å²) >= 11 is 12.6. The molecular formula is C32H30Cl2F2N2O6S. The Morgan fingerprint density at radius 3 is 2.18 bits per heavy atom. The number of aliphatic carboxylic acids is 1. The van der Waals surface area contributed by atoms with Crippen LogP contribution in [0.5, 0.6) is 0 Å². The number of nitrogens with zero attached hydrogens (tertiary/aromatic N) is 2. The van der Waals surface area contributed by atoms with Crippen molar-refractivity contribution in [3.63, 3.8) is 0 Å². The summed E-state index contributed by atoms with van der Waals surface area (Å²) in [6.45, 7) is -0.431. The Morgan fingerprint density at radius 1 is 0.956 bits per heavy atom. The lowest BCUT2D eigenvalue weighted by molar-refractivity contribution is -0.183. The molecule has 0 radical (unpaired) electrons. The first-order valence-corrected chi connectivity index (χ1v) is 16.9. The molecule has 0 unspecified atom stereocenters. The fourth-order valence-electron chi connectivity index (χ4n) is 6.07. The van der Waals surface area contributed by atoms with E-state index in [-0.39, 0.29) is 5.92 Å². The lowest BCUT2D eigenvalue weighted by Gasteiger charge is -2.49. The number of ether oxygens (including phenoxy) is 1. The highest BCUT2D eigenvalue weighted by atomic mass is 35.5. The molecule has 3 aromatic rings. The summed E-state index contributed by atoms with van der Waals surface area (Å²) in [6.07, 6.45) is -1.03. The second kappa shape index (κ2) is 12.5. The van der Waals surface area contributed by atoms with Crippen LogP contribution in [-0.4, -0.2) is 54.2 Å². The predicted octanol–water partition coefficient (Wildman–Crippen LogP) is 6.53. The molecule has 2 saturated carbocycles. The molecule has 1 saturated heterocycles. The molecule has 8 nitrogen and oxygen atoms in total. The first kappa shape index (κ1) is 31.7. The highest BCUT2D eigenvalue weighted by molar-refractivity contribution is 7.93. The molecule has 1 amide bonds. The number of anilines is 1. The summed E-state index contributed by atoms with van der Waals surface area (Å²) in [7, 11) is -4.22. The summed E-state index contributed by atoms with van der Waals surface area (Å²) in [5.74, 6) is -4.24. The molecule has 0 aromatic heterocycles. The fraction of sp³-hybridized carbons (Fsp3) is 0.375. The molecule has 3 aromatic carbocycles. The van der Waals surface area contributed by atoms with Gasteiger partial charge in [0, 0.05) is 10.0 Å². The molecule has 45 heavy (non-hydrogen) atoms. The number of amides is 1. The number of carboxylic acids is 1. The van der Waals surface area contributed by atoms with E-state index in [1.165, 1.54) is 4.90 Å². The quantitative estimate of drug-likeness (QED) is 0.247. The largest absolute Gasteiger partial charge is 0.481 e. The number of rotatable bonds is 11. The van der Waals surface area contributed by atoms with Gasteiger partial charge in [0.05, 0.1) is 30.3 Å². The van der Waals surface area contributed by atoms with Gasteiger partial charge in [-0.2, -0.15) is 0 Å². The van der Waals surface area contributed by atoms with Gasteiger partial charge in [0.1, 0.15) is 17.9 Å². The number of hydrogen-bond acceptors (Lipinski definition) is 5. The summed E-state index contributed by atoms with van der Waals surface area (Å²) < 4.78 is 65.2. The van der Waals surface area contributed by atoms with Crippen molar-refractivity contribution in [1.82, 2.24) is 4.90 Å². The molecule has 0 bridgehead atoms. The maximum atomic E-state index is 15.3. The number of sulfonamides is 1. The summed E-state index contributed by atoms with van der Waals surface area (Å²) in [4.78, 5) is 27.7. The van der Waals surface area contributed by atoms with Crippen molar-refractivity contribution in [2.45, 2.75) is 61.6 Å². The Kier molecular flexibility index (Phi) is 8.82. The maximum absolute atomic E-state index is 15.3. The molecule has 1 heterocycles. The molecule has 2 aliphatic carbocycles. The average Bonchev–Trinajstić information content (AvgIpc) is 3.90. The third-order valence-electron chi connectivity index (χ3n) is 8.49. The van der Waals surface area contributed by atoms with Crippen LogP contribution in [0, 0.1) is 17.6 Å². The maximum Gasteiger partial charge on any atom is 0.306 e. The van der Waals surface area contributed by atoms with E-state index in [1.807, 2.05) is 0 Å². The summed E-state index contributed by atoms with van der Waals surface area (Å²) in [6, 6.07) is 14.9. The van der Waals surface area contributed by atoms with Crippen molar-refractivity contribution in [3.05, 3.63) is 99.5 Å². The van der Waals surface area contributed by atoms with Crippen LogP contribution in [-0.2, 0) is 24.3 Å². The minimum Gasteiger partial charge on any atom is -0.481 e. The lowest BCUT2D eigenvalue weighted by atomic mass is 9.89. The second-order valence-corrected chi connectivity index (χ2v) is 14.7. The van der Waals surface area contributed by atoms with Gasteiger partial charge in [0.15, 0.2) is 11.6 Å². The predicted molar refractivity (Wildman–Crippen MR) is 165 cm³/mol. The number of carbonyl (C=O) groups is 2. The number of para-hydroxylation sites is 1. The van der Waals surface area contributed by atoms with Crippen LogP contribution in [0.15, 0.2) is 66.7 Å². The number of halogens is 4. The fourth-order valence-corrected chi connectivity index (χ4v) is 8.28. The SMILES string of the molecule is O=C(O)C[C@H]1O[C@H](c2cccc(Cl)c2)[C@@H](c2ccc(Cl)cc2)N([C@H](CN(c2c(F)cccc2F)S(=O)(=O)C2CC2)C2CC2)C1=O. The van der Waals surface area contributed by atoms with Crippen LogP contribution in [0.4, 0.5) is 14.5 Å². The lowest BCUT2D eigenvalue weighted by Crippen LogP contribution is -2.59. The molecule has 1 N–H and O–H groups in total. The van der Waals surface area contributed by atoms with E-state index in [4.69, 9.17) is 27.9 Å². The third kappa shape index (κ3) is 6.54. The molecule has 3 fully saturated rings. The number of carboxylic acid groups (broad SMARTS) is 1. The summed E-state index contributed by atoms with van der Waals surface area (Å²) in [5, 5.41) is 9.74. The Balaban J connectivity index is 1.52. The second-order valence-electron chi connectivity index (χ2n) is 11.7. The number of hydrogen-bond donors (Lipinski definition) is 1. The smallest absolute Gasteiger partial charge is 0.306 e. The third-order valence-corrected chi connectivity index (χ3v) is 11.2. The summed E-state index contributed by atoms with van der Waals surface area (Å²) in [5.41, 5.74) is 0.450. The van der Waals surface area contributed by atoms with Crippen molar-refractivity contribution in [2.24, 2.45) is 5.92 Å². The number of carbonyl (C=O) groups excluding carboxylic acids is 1. The van der Waals surface area contributed by atoms with Crippen LogP contribution >= 0.6 is 23.2 Å². The average molecular weight is 680 g/mol. The molecule has 1 aliphatic heterocycles. The van der Waals surface area contributed by atoms with Crippen molar-refractivity contribution in [2.75, 3.05) is 10.8 Å². The van der Waals surface area contributed by atoms with Gasteiger partial charge in [-0.15, -0.1) is 0 Å². The molecule has 13 heteroatoms. The molecular weight excluding hydrogens is 649 g/mol. The van der Waals surface area contributed by atoms with Gasteiger partial charge in [-0.3, -0.25) is 13.9 Å². The van der Waals surface area contributed by atoms with E-state index in [2.05, 4.69) is 0 Å². The molecule has 0 spiro atoms. The number of benzene rings is 3. The van der Waals surface area contributed by atoms with E-state index in [1.54, 1.807) is 48.5 Å². The first-order valence-electron chi connectivity index (χ1n) is 14.6. The van der Waals surface area contributed by atoms with Crippen molar-refractivity contribution < 1.29 is 36.6 Å². The zero-order valence-electron chi connectivity index (χ0n) is 23.9. The van der Waals surface area contributed by atoms with E-state index >= 15 is 8.78 Å². The minimum absolute atomic E-state index is 0.223. The van der Waals surface area contributed by atoms with Crippen LogP contribution in [0.1, 0.15) is 55.4 Å². The first-order chi connectivity index (χ1) is 21.5. The zero-order valence-corrected chi connectivity index (χ0v) is 26.2. The monoisotopic (exact) mass is 678 g/mol.